The second-order valence-corrected chi connectivity index (χ2v) is 8.21. The molecule has 0 spiro atoms. The molecule has 3 N–H and O–H groups in total. The molecular formula is C21H20FN5O2S. The number of anilines is 1. The maximum Gasteiger partial charge on any atom is 0.235 e. The minimum atomic E-state index is -0.751. The molecule has 30 heavy (non-hydrogen) atoms. The number of carbonyl (C=O) groups excluding carboxylic acids is 2. The standard InChI is InChI=1S/C21H20FN5O2S/c1-12(28)24-16-3-2-4-17(11-16)27-20(14-5-6-14)25-26-21(27)30-18(19(23)29)13-7-9-15(22)10-8-13/h2-4,7-11,14,18H,5-6H2,1H3,(H2,23,29)(H,24,28). The van der Waals surface area contributed by atoms with Gasteiger partial charge in [0.05, 0.1) is 5.69 Å². The lowest BCUT2D eigenvalue weighted by atomic mass is 10.1. The Balaban J connectivity index is 1.73. The van der Waals surface area contributed by atoms with Gasteiger partial charge < -0.3 is 11.1 Å². The van der Waals surface area contributed by atoms with Crippen LogP contribution in [0.15, 0.2) is 53.7 Å². The van der Waals surface area contributed by atoms with Crippen LogP contribution in [0.3, 0.4) is 0 Å². The molecule has 154 valence electrons. The van der Waals surface area contributed by atoms with Crippen LogP contribution in [0.4, 0.5) is 10.1 Å². The van der Waals surface area contributed by atoms with Crippen molar-refractivity contribution >= 4 is 29.3 Å². The third-order valence-corrected chi connectivity index (χ3v) is 5.90. The fourth-order valence-electron chi connectivity index (χ4n) is 3.17. The van der Waals surface area contributed by atoms with E-state index in [4.69, 9.17) is 5.73 Å². The van der Waals surface area contributed by atoms with E-state index in [2.05, 4.69) is 15.5 Å². The fraction of sp³-hybridized carbons (Fsp3) is 0.238. The molecule has 1 fully saturated rings. The van der Waals surface area contributed by atoms with Crippen LogP contribution in [0.1, 0.15) is 42.3 Å². The van der Waals surface area contributed by atoms with Crippen molar-refractivity contribution < 1.29 is 14.0 Å². The van der Waals surface area contributed by atoms with Crippen LogP contribution in [0, 0.1) is 5.82 Å². The van der Waals surface area contributed by atoms with Crippen LogP contribution < -0.4 is 11.1 Å². The van der Waals surface area contributed by atoms with E-state index >= 15 is 0 Å². The second kappa shape index (κ2) is 8.27. The smallest absolute Gasteiger partial charge is 0.235 e. The molecule has 3 aromatic rings. The molecule has 0 saturated heterocycles. The number of nitrogens with zero attached hydrogens (tertiary/aromatic N) is 3. The Hall–Kier alpha value is -3.20. The molecule has 1 aliphatic rings. The van der Waals surface area contributed by atoms with E-state index in [1.54, 1.807) is 6.07 Å². The number of amides is 2. The molecule has 1 atom stereocenters. The number of hydrogen-bond acceptors (Lipinski definition) is 5. The summed E-state index contributed by atoms with van der Waals surface area (Å²) in [7, 11) is 0. The van der Waals surface area contributed by atoms with Crippen LogP contribution in [-0.2, 0) is 9.59 Å². The Morgan fingerprint density at radius 3 is 2.57 bits per heavy atom. The predicted molar refractivity (Wildman–Crippen MR) is 112 cm³/mol. The van der Waals surface area contributed by atoms with E-state index in [0.29, 0.717) is 22.3 Å². The summed E-state index contributed by atoms with van der Waals surface area (Å²) in [5.41, 5.74) is 7.65. The maximum atomic E-state index is 13.3. The summed E-state index contributed by atoms with van der Waals surface area (Å²) in [5, 5.41) is 11.2. The van der Waals surface area contributed by atoms with E-state index in [1.807, 2.05) is 22.8 Å². The van der Waals surface area contributed by atoms with Gasteiger partial charge in [0, 0.05) is 18.5 Å². The second-order valence-electron chi connectivity index (χ2n) is 7.13. The van der Waals surface area contributed by atoms with Crippen molar-refractivity contribution in [1.82, 2.24) is 14.8 Å². The van der Waals surface area contributed by atoms with Gasteiger partial charge in [0.1, 0.15) is 16.9 Å². The van der Waals surface area contributed by atoms with Crippen LogP contribution in [-0.4, -0.2) is 26.6 Å². The van der Waals surface area contributed by atoms with E-state index < -0.39 is 11.2 Å². The first-order valence-electron chi connectivity index (χ1n) is 9.47. The van der Waals surface area contributed by atoms with Gasteiger partial charge in [0.25, 0.3) is 0 Å². The summed E-state index contributed by atoms with van der Waals surface area (Å²) < 4.78 is 15.2. The van der Waals surface area contributed by atoms with E-state index in [0.717, 1.165) is 24.4 Å². The van der Waals surface area contributed by atoms with Gasteiger partial charge in [-0.25, -0.2) is 4.39 Å². The van der Waals surface area contributed by atoms with Gasteiger partial charge in [0.15, 0.2) is 5.16 Å². The van der Waals surface area contributed by atoms with Gasteiger partial charge in [-0.2, -0.15) is 0 Å². The minimum absolute atomic E-state index is 0.168. The lowest BCUT2D eigenvalue weighted by Gasteiger charge is -2.15. The lowest BCUT2D eigenvalue weighted by Crippen LogP contribution is -2.19. The molecule has 0 radical (unpaired) electrons. The van der Waals surface area contributed by atoms with Gasteiger partial charge >= 0.3 is 0 Å². The van der Waals surface area contributed by atoms with Crippen LogP contribution in [0.5, 0.6) is 0 Å². The molecule has 2 amide bonds. The summed E-state index contributed by atoms with van der Waals surface area (Å²) >= 11 is 1.17. The summed E-state index contributed by atoms with van der Waals surface area (Å²) in [5.74, 6) is -0.00554. The molecule has 0 aliphatic heterocycles. The van der Waals surface area contributed by atoms with Gasteiger partial charge in [0.2, 0.25) is 11.8 Å². The average Bonchev–Trinajstić information content (AvgIpc) is 3.46. The number of nitrogens with one attached hydrogen (secondary N) is 1. The Morgan fingerprint density at radius 2 is 1.93 bits per heavy atom. The topological polar surface area (TPSA) is 103 Å². The average molecular weight is 425 g/mol. The zero-order valence-corrected chi connectivity index (χ0v) is 17.0. The van der Waals surface area contributed by atoms with Crippen molar-refractivity contribution in [3.05, 3.63) is 65.7 Å². The monoisotopic (exact) mass is 425 g/mol. The molecule has 1 heterocycles. The van der Waals surface area contributed by atoms with Crippen molar-refractivity contribution in [2.24, 2.45) is 5.73 Å². The summed E-state index contributed by atoms with van der Waals surface area (Å²) in [4.78, 5) is 23.6. The number of benzene rings is 2. The number of aromatic nitrogens is 3. The highest BCUT2D eigenvalue weighted by atomic mass is 32.2. The van der Waals surface area contributed by atoms with E-state index in [9.17, 15) is 14.0 Å². The summed E-state index contributed by atoms with van der Waals surface area (Å²) in [6.07, 6.45) is 2.04. The fourth-order valence-corrected chi connectivity index (χ4v) is 4.18. The van der Waals surface area contributed by atoms with Gasteiger partial charge in [-0.05, 0) is 48.7 Å². The van der Waals surface area contributed by atoms with Crippen molar-refractivity contribution in [2.45, 2.75) is 36.1 Å². The third-order valence-electron chi connectivity index (χ3n) is 4.68. The van der Waals surface area contributed by atoms with Crippen molar-refractivity contribution in [2.75, 3.05) is 5.32 Å². The zero-order chi connectivity index (χ0) is 21.3. The number of carbonyl (C=O) groups is 2. The minimum Gasteiger partial charge on any atom is -0.368 e. The van der Waals surface area contributed by atoms with E-state index in [-0.39, 0.29) is 11.7 Å². The number of nitrogens with two attached hydrogens (primary N) is 1. The van der Waals surface area contributed by atoms with Gasteiger partial charge in [-0.15, -0.1) is 10.2 Å². The zero-order valence-electron chi connectivity index (χ0n) is 16.2. The molecule has 7 nitrogen and oxygen atoms in total. The molecule has 1 saturated carbocycles. The number of halogens is 1. The molecule has 1 unspecified atom stereocenters. The lowest BCUT2D eigenvalue weighted by molar-refractivity contribution is -0.117. The van der Waals surface area contributed by atoms with Gasteiger partial charge in [-0.3, -0.25) is 14.2 Å². The number of hydrogen-bond donors (Lipinski definition) is 2. The van der Waals surface area contributed by atoms with Crippen LogP contribution in [0.25, 0.3) is 5.69 Å². The first kappa shape index (κ1) is 20.1. The third kappa shape index (κ3) is 4.35. The summed E-state index contributed by atoms with van der Waals surface area (Å²) in [6.45, 7) is 1.45. The molecule has 1 aromatic heterocycles. The highest BCUT2D eigenvalue weighted by Crippen LogP contribution is 2.43. The van der Waals surface area contributed by atoms with Crippen molar-refractivity contribution in [3.8, 4) is 5.69 Å². The number of primary amides is 1. The normalized spacial score (nSPS) is 14.3. The predicted octanol–water partition coefficient (Wildman–Crippen LogP) is 3.56. The van der Waals surface area contributed by atoms with E-state index in [1.165, 1.54) is 43.0 Å². The molecule has 4 rings (SSSR count). The Labute approximate surface area is 176 Å². The molecule has 0 bridgehead atoms. The molecular weight excluding hydrogens is 405 g/mol. The highest BCUT2D eigenvalue weighted by Gasteiger charge is 2.32. The Morgan fingerprint density at radius 1 is 1.20 bits per heavy atom. The van der Waals surface area contributed by atoms with Crippen LogP contribution >= 0.6 is 11.8 Å². The van der Waals surface area contributed by atoms with Crippen molar-refractivity contribution in [3.63, 3.8) is 0 Å². The number of thioether (sulfide) groups is 1. The van der Waals surface area contributed by atoms with Gasteiger partial charge in [-0.1, -0.05) is 30.0 Å². The first-order valence-corrected chi connectivity index (χ1v) is 10.3. The Kier molecular flexibility index (Phi) is 5.54. The molecule has 2 aromatic carbocycles. The maximum absolute atomic E-state index is 13.3. The Bertz CT molecular complexity index is 1100. The quantitative estimate of drug-likeness (QED) is 0.564. The summed E-state index contributed by atoms with van der Waals surface area (Å²) in [6, 6.07) is 13.0. The highest BCUT2D eigenvalue weighted by molar-refractivity contribution is 8.00. The SMILES string of the molecule is CC(=O)Nc1cccc(-n2c(SC(C(N)=O)c3ccc(F)cc3)nnc2C2CC2)c1. The van der Waals surface area contributed by atoms with Crippen molar-refractivity contribution in [1.29, 1.82) is 0 Å². The molecule has 9 heteroatoms. The largest absolute Gasteiger partial charge is 0.368 e. The van der Waals surface area contributed by atoms with Crippen LogP contribution in [0.2, 0.25) is 0 Å². The molecule has 1 aliphatic carbocycles. The number of rotatable bonds is 7. The first-order chi connectivity index (χ1) is 14.4.